The maximum absolute atomic E-state index is 12.4. The van der Waals surface area contributed by atoms with Crippen molar-refractivity contribution in [2.75, 3.05) is 11.1 Å². The Labute approximate surface area is 133 Å². The predicted molar refractivity (Wildman–Crippen MR) is 92.6 cm³/mol. The number of rotatable bonds is 2. The van der Waals surface area contributed by atoms with Gasteiger partial charge in [0.1, 0.15) is 0 Å². The van der Waals surface area contributed by atoms with Gasteiger partial charge >= 0.3 is 0 Å². The summed E-state index contributed by atoms with van der Waals surface area (Å²) in [5, 5.41) is 3.56. The molecule has 3 rings (SSSR count). The van der Waals surface area contributed by atoms with Crippen molar-refractivity contribution >= 4 is 38.3 Å². The Morgan fingerprint density at radius 1 is 1.18 bits per heavy atom. The SMILES string of the molecule is Cc1ccc(C(=O)Nc2c(C)cc3nc(N)sc3c2C)cc1. The van der Waals surface area contributed by atoms with Crippen molar-refractivity contribution in [3.63, 3.8) is 0 Å². The summed E-state index contributed by atoms with van der Waals surface area (Å²) in [7, 11) is 0. The number of fused-ring (bicyclic) bond motifs is 1. The van der Waals surface area contributed by atoms with Crippen LogP contribution in [-0.4, -0.2) is 10.9 Å². The molecule has 0 bridgehead atoms. The van der Waals surface area contributed by atoms with Crippen LogP contribution in [0.15, 0.2) is 30.3 Å². The van der Waals surface area contributed by atoms with Gasteiger partial charge in [0, 0.05) is 11.3 Å². The van der Waals surface area contributed by atoms with E-state index in [1.807, 2.05) is 51.1 Å². The second kappa shape index (κ2) is 5.42. The Morgan fingerprint density at radius 2 is 1.86 bits per heavy atom. The smallest absolute Gasteiger partial charge is 0.255 e. The van der Waals surface area contributed by atoms with Crippen LogP contribution in [0.1, 0.15) is 27.0 Å². The molecule has 0 spiro atoms. The molecule has 0 atom stereocenters. The van der Waals surface area contributed by atoms with E-state index in [2.05, 4.69) is 10.3 Å². The summed E-state index contributed by atoms with van der Waals surface area (Å²) >= 11 is 1.44. The van der Waals surface area contributed by atoms with Crippen molar-refractivity contribution in [2.24, 2.45) is 0 Å². The van der Waals surface area contributed by atoms with Crippen LogP contribution in [0.4, 0.5) is 10.8 Å². The first-order valence-corrected chi connectivity index (χ1v) is 7.81. The fourth-order valence-corrected chi connectivity index (χ4v) is 3.30. The number of hydrogen-bond acceptors (Lipinski definition) is 4. The quantitative estimate of drug-likeness (QED) is 0.750. The van der Waals surface area contributed by atoms with Gasteiger partial charge < -0.3 is 11.1 Å². The maximum Gasteiger partial charge on any atom is 0.255 e. The Balaban J connectivity index is 1.99. The topological polar surface area (TPSA) is 68.0 Å². The molecule has 1 heterocycles. The van der Waals surface area contributed by atoms with Crippen molar-refractivity contribution in [3.05, 3.63) is 52.6 Å². The first-order chi connectivity index (χ1) is 10.5. The van der Waals surface area contributed by atoms with Crippen molar-refractivity contribution < 1.29 is 4.79 Å². The van der Waals surface area contributed by atoms with Gasteiger partial charge in [0.15, 0.2) is 5.13 Å². The van der Waals surface area contributed by atoms with Gasteiger partial charge in [-0.2, -0.15) is 0 Å². The number of nitrogens with one attached hydrogen (secondary N) is 1. The second-order valence-electron chi connectivity index (χ2n) is 5.41. The number of carbonyl (C=O) groups is 1. The summed E-state index contributed by atoms with van der Waals surface area (Å²) in [5.41, 5.74) is 11.3. The van der Waals surface area contributed by atoms with Gasteiger partial charge in [0.2, 0.25) is 0 Å². The molecule has 4 nitrogen and oxygen atoms in total. The molecule has 0 unspecified atom stereocenters. The van der Waals surface area contributed by atoms with Crippen molar-refractivity contribution in [1.29, 1.82) is 0 Å². The zero-order valence-electron chi connectivity index (χ0n) is 12.7. The summed E-state index contributed by atoms with van der Waals surface area (Å²) in [6, 6.07) is 9.49. The number of carbonyl (C=O) groups excluding carboxylic acids is 1. The average molecular weight is 311 g/mol. The minimum absolute atomic E-state index is 0.108. The normalized spacial score (nSPS) is 10.9. The van der Waals surface area contributed by atoms with E-state index >= 15 is 0 Å². The lowest BCUT2D eigenvalue weighted by molar-refractivity contribution is 0.102. The van der Waals surface area contributed by atoms with E-state index in [9.17, 15) is 4.79 Å². The van der Waals surface area contributed by atoms with Gasteiger partial charge in [-0.3, -0.25) is 4.79 Å². The van der Waals surface area contributed by atoms with Gasteiger partial charge in [-0.1, -0.05) is 29.0 Å². The van der Waals surface area contributed by atoms with Crippen LogP contribution in [0.25, 0.3) is 10.2 Å². The Bertz CT molecular complexity index is 866. The third-order valence-corrected chi connectivity index (χ3v) is 4.71. The number of nitrogen functional groups attached to an aromatic ring is 1. The zero-order valence-corrected chi connectivity index (χ0v) is 13.5. The highest BCUT2D eigenvalue weighted by Crippen LogP contribution is 2.34. The van der Waals surface area contributed by atoms with Crippen LogP contribution in [-0.2, 0) is 0 Å². The molecule has 3 aromatic rings. The second-order valence-corrected chi connectivity index (χ2v) is 6.44. The highest BCUT2D eigenvalue weighted by Gasteiger charge is 2.14. The highest BCUT2D eigenvalue weighted by molar-refractivity contribution is 7.22. The number of amides is 1. The molecule has 112 valence electrons. The van der Waals surface area contributed by atoms with Gasteiger partial charge in [-0.05, 0) is 50.1 Å². The van der Waals surface area contributed by atoms with Crippen LogP contribution in [0.2, 0.25) is 0 Å². The summed E-state index contributed by atoms with van der Waals surface area (Å²) in [6.07, 6.45) is 0. The number of nitrogens with zero attached hydrogens (tertiary/aromatic N) is 1. The van der Waals surface area contributed by atoms with Crippen LogP contribution < -0.4 is 11.1 Å². The molecule has 0 aliphatic heterocycles. The standard InChI is InChI=1S/C17H17N3OS/c1-9-4-6-12(7-5-9)16(21)20-14-10(2)8-13-15(11(14)3)22-17(18)19-13/h4-8H,1-3H3,(H2,18,19)(H,20,21). The molecule has 0 aliphatic rings. The largest absolute Gasteiger partial charge is 0.375 e. The minimum Gasteiger partial charge on any atom is -0.375 e. The summed E-state index contributed by atoms with van der Waals surface area (Å²) in [6.45, 7) is 5.95. The molecule has 22 heavy (non-hydrogen) atoms. The third-order valence-electron chi connectivity index (χ3n) is 3.69. The summed E-state index contributed by atoms with van der Waals surface area (Å²) in [5.74, 6) is -0.108. The fourth-order valence-electron chi connectivity index (χ4n) is 2.49. The zero-order chi connectivity index (χ0) is 15.9. The lowest BCUT2D eigenvalue weighted by Gasteiger charge is -2.12. The maximum atomic E-state index is 12.4. The fraction of sp³-hybridized carbons (Fsp3) is 0.176. The van der Waals surface area contributed by atoms with Crippen molar-refractivity contribution in [3.8, 4) is 0 Å². The monoisotopic (exact) mass is 311 g/mol. The number of anilines is 2. The molecular formula is C17H17N3OS. The van der Waals surface area contributed by atoms with Crippen LogP contribution in [0.3, 0.4) is 0 Å². The van der Waals surface area contributed by atoms with E-state index in [4.69, 9.17) is 5.73 Å². The van der Waals surface area contributed by atoms with E-state index in [1.165, 1.54) is 11.3 Å². The molecule has 0 aliphatic carbocycles. The third kappa shape index (κ3) is 2.55. The molecule has 5 heteroatoms. The summed E-state index contributed by atoms with van der Waals surface area (Å²) < 4.78 is 1.02. The van der Waals surface area contributed by atoms with Crippen LogP contribution in [0, 0.1) is 20.8 Å². The lowest BCUT2D eigenvalue weighted by Crippen LogP contribution is -2.13. The first-order valence-electron chi connectivity index (χ1n) is 7.00. The van der Waals surface area contributed by atoms with Gasteiger partial charge in [0.25, 0.3) is 5.91 Å². The summed E-state index contributed by atoms with van der Waals surface area (Å²) in [4.78, 5) is 16.7. The molecule has 3 N–H and O–H groups in total. The molecule has 1 aromatic heterocycles. The number of hydrogen-bond donors (Lipinski definition) is 2. The molecule has 0 saturated carbocycles. The molecular weight excluding hydrogens is 294 g/mol. The number of aromatic nitrogens is 1. The van der Waals surface area contributed by atoms with Gasteiger partial charge in [-0.15, -0.1) is 0 Å². The molecule has 1 amide bonds. The van der Waals surface area contributed by atoms with Gasteiger partial charge in [0.05, 0.1) is 10.2 Å². The molecule has 0 radical (unpaired) electrons. The minimum atomic E-state index is -0.108. The number of aryl methyl sites for hydroxylation is 3. The number of thiazole rings is 1. The molecule has 2 aromatic carbocycles. The Hall–Kier alpha value is -2.40. The van der Waals surface area contributed by atoms with Crippen molar-refractivity contribution in [2.45, 2.75) is 20.8 Å². The van der Waals surface area contributed by atoms with E-state index in [-0.39, 0.29) is 5.91 Å². The van der Waals surface area contributed by atoms with E-state index in [0.717, 1.165) is 32.6 Å². The van der Waals surface area contributed by atoms with E-state index in [0.29, 0.717) is 10.7 Å². The molecule has 0 saturated heterocycles. The van der Waals surface area contributed by atoms with Crippen LogP contribution in [0.5, 0.6) is 0 Å². The van der Waals surface area contributed by atoms with Crippen LogP contribution >= 0.6 is 11.3 Å². The first kappa shape index (κ1) is 14.5. The van der Waals surface area contributed by atoms with Crippen molar-refractivity contribution in [1.82, 2.24) is 4.98 Å². The lowest BCUT2D eigenvalue weighted by atomic mass is 10.1. The number of nitrogens with two attached hydrogens (primary N) is 1. The van der Waals surface area contributed by atoms with Gasteiger partial charge in [-0.25, -0.2) is 4.98 Å². The Kier molecular flexibility index (Phi) is 3.58. The van der Waals surface area contributed by atoms with E-state index < -0.39 is 0 Å². The highest BCUT2D eigenvalue weighted by atomic mass is 32.1. The number of benzene rings is 2. The van der Waals surface area contributed by atoms with E-state index in [1.54, 1.807) is 0 Å². The predicted octanol–water partition coefficient (Wildman–Crippen LogP) is 4.06. The molecule has 0 fully saturated rings. The Morgan fingerprint density at radius 3 is 2.55 bits per heavy atom. The average Bonchev–Trinajstić information content (AvgIpc) is 2.84.